The second-order valence-electron chi connectivity index (χ2n) is 8.87. The maximum absolute atomic E-state index is 11.6. The van der Waals surface area contributed by atoms with E-state index in [9.17, 15) is 15.0 Å². The van der Waals surface area contributed by atoms with Gasteiger partial charge in [-0.2, -0.15) is 0 Å². The summed E-state index contributed by atoms with van der Waals surface area (Å²) in [6, 6.07) is 0. The molecule has 0 spiro atoms. The van der Waals surface area contributed by atoms with Crippen molar-refractivity contribution in [3.63, 3.8) is 0 Å². The molecule has 0 aromatic carbocycles. The zero-order chi connectivity index (χ0) is 20.0. The van der Waals surface area contributed by atoms with Crippen LogP contribution in [0.25, 0.3) is 0 Å². The number of hydrogen-bond acceptors (Lipinski definition) is 4. The van der Waals surface area contributed by atoms with Gasteiger partial charge in [-0.05, 0) is 51.4 Å². The van der Waals surface area contributed by atoms with Crippen LogP contribution in [0.4, 0.5) is 0 Å². The molecule has 1 aliphatic carbocycles. The Labute approximate surface area is 159 Å². The smallest absolute Gasteiger partial charge is 0.302 e. The summed E-state index contributed by atoms with van der Waals surface area (Å²) >= 11 is 0. The lowest BCUT2D eigenvalue weighted by Gasteiger charge is -2.37. The van der Waals surface area contributed by atoms with E-state index in [1.165, 1.54) is 6.92 Å². The fraction of sp³-hybridized carbons (Fsp3) is 0.773. The van der Waals surface area contributed by atoms with E-state index in [1.54, 1.807) is 0 Å². The highest BCUT2D eigenvalue weighted by Gasteiger charge is 2.37. The Morgan fingerprint density at radius 1 is 1.35 bits per heavy atom. The number of ether oxygens (including phenoxy) is 1. The Hall–Kier alpha value is -1.13. The Kier molecular flexibility index (Phi) is 8.55. The summed E-state index contributed by atoms with van der Waals surface area (Å²) in [5.74, 6) is 0.428. The van der Waals surface area contributed by atoms with E-state index in [1.807, 2.05) is 26.8 Å². The van der Waals surface area contributed by atoms with Crippen molar-refractivity contribution >= 4 is 5.97 Å². The lowest BCUT2D eigenvalue weighted by atomic mass is 9.75. The average molecular weight is 367 g/mol. The van der Waals surface area contributed by atoms with E-state index in [4.69, 9.17) is 4.74 Å². The van der Waals surface area contributed by atoms with Crippen molar-refractivity contribution < 1.29 is 19.7 Å². The molecule has 0 saturated heterocycles. The Morgan fingerprint density at radius 3 is 2.54 bits per heavy atom. The summed E-state index contributed by atoms with van der Waals surface area (Å²) in [5.41, 5.74) is -0.193. The number of carbonyl (C=O) groups excluding carboxylic acids is 1. The number of carbonyl (C=O) groups is 1. The first-order valence-corrected chi connectivity index (χ1v) is 9.84. The molecule has 4 atom stereocenters. The minimum Gasteiger partial charge on any atom is -0.462 e. The van der Waals surface area contributed by atoms with Crippen LogP contribution in [-0.4, -0.2) is 34.5 Å². The van der Waals surface area contributed by atoms with Gasteiger partial charge >= 0.3 is 5.97 Å². The Morgan fingerprint density at radius 2 is 2.00 bits per heavy atom. The van der Waals surface area contributed by atoms with Crippen LogP contribution in [0.2, 0.25) is 0 Å². The quantitative estimate of drug-likeness (QED) is 0.574. The maximum Gasteiger partial charge on any atom is 0.302 e. The molecule has 26 heavy (non-hydrogen) atoms. The highest BCUT2D eigenvalue weighted by molar-refractivity contribution is 5.66. The van der Waals surface area contributed by atoms with Gasteiger partial charge in [0.15, 0.2) is 0 Å². The second-order valence-corrected chi connectivity index (χ2v) is 8.87. The van der Waals surface area contributed by atoms with Crippen LogP contribution in [0, 0.1) is 17.3 Å². The number of rotatable bonds is 3. The zero-order valence-electron chi connectivity index (χ0n) is 17.4. The van der Waals surface area contributed by atoms with E-state index >= 15 is 0 Å². The van der Waals surface area contributed by atoms with E-state index in [0.717, 1.165) is 24.8 Å². The lowest BCUT2D eigenvalue weighted by molar-refractivity contribution is -0.155. The van der Waals surface area contributed by atoms with Crippen molar-refractivity contribution in [1.82, 2.24) is 0 Å². The fourth-order valence-corrected chi connectivity index (χ4v) is 3.52. The zero-order valence-corrected chi connectivity index (χ0v) is 17.4. The standard InChI is InChI=1S/C22H38O4/c1-16(2)19-9-12-21(5,15-23)20(26-18(4)24)14-17(3)8-7-11-22(6,25)13-10-19/h8,10,13,16,19-20,23,25H,7,9,11-12,14-15H2,1-6H3/b13-10+,17-8+/t19-,20+,21-,22-/m1/s1. The van der Waals surface area contributed by atoms with Crippen molar-refractivity contribution in [2.24, 2.45) is 17.3 Å². The van der Waals surface area contributed by atoms with Crippen molar-refractivity contribution in [2.75, 3.05) is 6.61 Å². The largest absolute Gasteiger partial charge is 0.462 e. The van der Waals surface area contributed by atoms with Gasteiger partial charge in [0.2, 0.25) is 0 Å². The minimum absolute atomic E-state index is 0.0233. The molecular formula is C22H38O4. The molecule has 150 valence electrons. The molecule has 4 heteroatoms. The van der Waals surface area contributed by atoms with Crippen LogP contribution in [0.5, 0.6) is 0 Å². The van der Waals surface area contributed by atoms with Crippen LogP contribution in [-0.2, 0) is 9.53 Å². The molecule has 0 bridgehead atoms. The van der Waals surface area contributed by atoms with E-state index < -0.39 is 11.0 Å². The van der Waals surface area contributed by atoms with Gasteiger partial charge in [-0.15, -0.1) is 0 Å². The summed E-state index contributed by atoms with van der Waals surface area (Å²) in [5, 5.41) is 20.7. The predicted molar refractivity (Wildman–Crippen MR) is 106 cm³/mol. The van der Waals surface area contributed by atoms with Gasteiger partial charge in [0.05, 0.1) is 12.2 Å². The highest BCUT2D eigenvalue weighted by atomic mass is 16.5. The SMILES string of the molecule is CC(=O)O[C@H]1C/C(C)=C/CC[C@@](C)(O)/C=C/[C@H](C(C)C)CC[C@]1(C)CO. The van der Waals surface area contributed by atoms with Crippen LogP contribution < -0.4 is 0 Å². The highest BCUT2D eigenvalue weighted by Crippen LogP contribution is 2.36. The van der Waals surface area contributed by atoms with Gasteiger partial charge in [-0.25, -0.2) is 0 Å². The molecule has 1 rings (SSSR count). The first kappa shape index (κ1) is 22.9. The van der Waals surface area contributed by atoms with Gasteiger partial charge in [0.1, 0.15) is 6.10 Å². The lowest BCUT2D eigenvalue weighted by Crippen LogP contribution is -2.39. The second kappa shape index (κ2) is 9.70. The molecule has 0 saturated carbocycles. The number of aliphatic hydroxyl groups excluding tert-OH is 1. The first-order chi connectivity index (χ1) is 12.0. The monoisotopic (exact) mass is 366 g/mol. The number of hydrogen-bond donors (Lipinski definition) is 2. The maximum atomic E-state index is 11.6. The van der Waals surface area contributed by atoms with Crippen molar-refractivity contribution in [1.29, 1.82) is 0 Å². The van der Waals surface area contributed by atoms with Crippen LogP contribution >= 0.6 is 0 Å². The Balaban J connectivity index is 3.20. The van der Waals surface area contributed by atoms with E-state index in [-0.39, 0.29) is 18.7 Å². The number of esters is 1. The van der Waals surface area contributed by atoms with Crippen LogP contribution in [0.1, 0.15) is 73.6 Å². The normalized spacial score (nSPS) is 37.7. The van der Waals surface area contributed by atoms with E-state index in [0.29, 0.717) is 24.7 Å². The predicted octanol–water partition coefficient (Wildman–Crippen LogP) is 4.41. The summed E-state index contributed by atoms with van der Waals surface area (Å²) < 4.78 is 5.63. The molecule has 0 unspecified atom stereocenters. The topological polar surface area (TPSA) is 66.8 Å². The van der Waals surface area contributed by atoms with E-state index in [2.05, 4.69) is 26.0 Å². The summed E-state index contributed by atoms with van der Waals surface area (Å²) in [6.45, 7) is 11.6. The molecule has 1 aliphatic rings. The number of allylic oxidation sites excluding steroid dienone is 2. The molecule has 0 fully saturated rings. The van der Waals surface area contributed by atoms with Gasteiger partial charge in [0.25, 0.3) is 0 Å². The minimum atomic E-state index is -0.826. The van der Waals surface area contributed by atoms with Gasteiger partial charge in [-0.3, -0.25) is 4.79 Å². The molecule has 0 amide bonds. The van der Waals surface area contributed by atoms with Crippen LogP contribution in [0.15, 0.2) is 23.8 Å². The number of aliphatic hydroxyl groups is 2. The third kappa shape index (κ3) is 7.24. The molecule has 0 heterocycles. The average Bonchev–Trinajstić information content (AvgIpc) is 2.52. The summed E-state index contributed by atoms with van der Waals surface area (Å²) in [7, 11) is 0. The molecular weight excluding hydrogens is 328 g/mol. The molecule has 0 radical (unpaired) electrons. The molecule has 4 nitrogen and oxygen atoms in total. The third-order valence-electron chi connectivity index (χ3n) is 5.70. The van der Waals surface area contributed by atoms with Gasteiger partial charge < -0.3 is 14.9 Å². The molecule has 0 aromatic heterocycles. The van der Waals surface area contributed by atoms with Gasteiger partial charge in [-0.1, -0.05) is 44.6 Å². The summed E-state index contributed by atoms with van der Waals surface area (Å²) in [4.78, 5) is 11.6. The first-order valence-electron chi connectivity index (χ1n) is 9.84. The van der Waals surface area contributed by atoms with Crippen LogP contribution in [0.3, 0.4) is 0 Å². The van der Waals surface area contributed by atoms with Crippen molar-refractivity contribution in [2.45, 2.75) is 85.4 Å². The van der Waals surface area contributed by atoms with Gasteiger partial charge in [0, 0.05) is 18.8 Å². The van der Waals surface area contributed by atoms with Crippen molar-refractivity contribution in [3.8, 4) is 0 Å². The fourth-order valence-electron chi connectivity index (χ4n) is 3.52. The Bertz CT molecular complexity index is 518. The summed E-state index contributed by atoms with van der Waals surface area (Å²) in [6.07, 6.45) is 9.47. The third-order valence-corrected chi connectivity index (χ3v) is 5.70. The molecule has 0 aliphatic heterocycles. The molecule has 0 aromatic rings. The van der Waals surface area contributed by atoms with Crippen molar-refractivity contribution in [3.05, 3.63) is 23.8 Å². The molecule has 2 N–H and O–H groups in total.